The Hall–Kier alpha value is -1.12. The Balaban J connectivity index is 1.45. The van der Waals surface area contributed by atoms with E-state index < -0.39 is 0 Å². The molecule has 0 aliphatic heterocycles. The van der Waals surface area contributed by atoms with Crippen molar-refractivity contribution in [3.63, 3.8) is 0 Å². The standard InChI is InChI=1S/C18H23NS/c1-3-17-8-9-18(20-17)12-19-16-10-15(11-16)14-6-4-13(2)5-7-14/h4-9,15-16,19H,3,10-12H2,1-2H3. The fourth-order valence-corrected chi connectivity index (χ4v) is 3.76. The van der Waals surface area contributed by atoms with Crippen molar-refractivity contribution in [1.82, 2.24) is 5.32 Å². The van der Waals surface area contributed by atoms with Crippen LogP contribution >= 0.6 is 11.3 Å². The van der Waals surface area contributed by atoms with Gasteiger partial charge in [-0.05, 0) is 49.8 Å². The van der Waals surface area contributed by atoms with Gasteiger partial charge >= 0.3 is 0 Å². The number of benzene rings is 1. The predicted molar refractivity (Wildman–Crippen MR) is 87.5 cm³/mol. The van der Waals surface area contributed by atoms with Crippen molar-refractivity contribution in [2.45, 2.75) is 51.6 Å². The highest BCUT2D eigenvalue weighted by atomic mass is 32.1. The third-order valence-electron chi connectivity index (χ3n) is 4.32. The molecular formula is C18H23NS. The average molecular weight is 285 g/mol. The Morgan fingerprint density at radius 1 is 1.05 bits per heavy atom. The second-order valence-corrected chi connectivity index (χ2v) is 7.13. The molecule has 2 aromatic rings. The molecule has 106 valence electrons. The summed E-state index contributed by atoms with van der Waals surface area (Å²) in [5, 5.41) is 3.69. The second-order valence-electron chi connectivity index (χ2n) is 5.88. The van der Waals surface area contributed by atoms with Crippen LogP contribution in [0, 0.1) is 6.92 Å². The number of hydrogen-bond acceptors (Lipinski definition) is 2. The smallest absolute Gasteiger partial charge is 0.0302 e. The SMILES string of the molecule is CCc1ccc(CNC2CC(c3ccc(C)cc3)C2)s1. The fourth-order valence-electron chi connectivity index (χ4n) is 2.85. The first kappa shape index (κ1) is 13.8. The van der Waals surface area contributed by atoms with Crippen LogP contribution in [0.15, 0.2) is 36.4 Å². The number of hydrogen-bond donors (Lipinski definition) is 1. The lowest BCUT2D eigenvalue weighted by Crippen LogP contribution is -2.39. The lowest BCUT2D eigenvalue weighted by Gasteiger charge is -2.36. The molecule has 1 nitrogen and oxygen atoms in total. The normalized spacial score (nSPS) is 21.7. The van der Waals surface area contributed by atoms with E-state index in [1.165, 1.54) is 33.7 Å². The zero-order valence-corrected chi connectivity index (χ0v) is 13.2. The number of thiophene rings is 1. The van der Waals surface area contributed by atoms with Crippen molar-refractivity contribution in [2.75, 3.05) is 0 Å². The van der Waals surface area contributed by atoms with Gasteiger partial charge in [-0.25, -0.2) is 0 Å². The summed E-state index contributed by atoms with van der Waals surface area (Å²) in [6.07, 6.45) is 3.73. The van der Waals surface area contributed by atoms with Gasteiger partial charge in [0.1, 0.15) is 0 Å². The average Bonchev–Trinajstić information content (AvgIpc) is 2.87. The van der Waals surface area contributed by atoms with Crippen LogP contribution in [0.4, 0.5) is 0 Å². The largest absolute Gasteiger partial charge is 0.309 e. The number of rotatable bonds is 5. The van der Waals surface area contributed by atoms with Crippen LogP contribution in [0.1, 0.15) is 46.6 Å². The summed E-state index contributed by atoms with van der Waals surface area (Å²) in [6.45, 7) is 5.41. The molecule has 3 rings (SSSR count). The van der Waals surface area contributed by atoms with Gasteiger partial charge < -0.3 is 5.32 Å². The minimum Gasteiger partial charge on any atom is -0.309 e. The molecule has 1 fully saturated rings. The molecule has 0 saturated heterocycles. The van der Waals surface area contributed by atoms with Gasteiger partial charge in [0.15, 0.2) is 0 Å². The summed E-state index contributed by atoms with van der Waals surface area (Å²) >= 11 is 1.95. The molecule has 1 N–H and O–H groups in total. The molecule has 1 aliphatic carbocycles. The maximum Gasteiger partial charge on any atom is 0.0302 e. The van der Waals surface area contributed by atoms with E-state index in [1.807, 2.05) is 11.3 Å². The molecule has 0 atom stereocenters. The molecular weight excluding hydrogens is 262 g/mol. The molecule has 1 heterocycles. The summed E-state index contributed by atoms with van der Waals surface area (Å²) in [5.74, 6) is 0.766. The van der Waals surface area contributed by atoms with Gasteiger partial charge in [0, 0.05) is 22.3 Å². The first-order valence-corrected chi connectivity index (χ1v) is 8.43. The van der Waals surface area contributed by atoms with E-state index in [0.717, 1.165) is 18.9 Å². The zero-order valence-electron chi connectivity index (χ0n) is 12.4. The lowest BCUT2D eigenvalue weighted by atomic mass is 9.76. The van der Waals surface area contributed by atoms with Gasteiger partial charge in [-0.1, -0.05) is 36.8 Å². The van der Waals surface area contributed by atoms with Crippen molar-refractivity contribution in [3.8, 4) is 0 Å². The van der Waals surface area contributed by atoms with Crippen LogP contribution in [0.25, 0.3) is 0 Å². The van der Waals surface area contributed by atoms with Crippen molar-refractivity contribution < 1.29 is 0 Å². The van der Waals surface area contributed by atoms with E-state index in [9.17, 15) is 0 Å². The Bertz CT molecular complexity index is 549. The van der Waals surface area contributed by atoms with Gasteiger partial charge in [0.2, 0.25) is 0 Å². The van der Waals surface area contributed by atoms with Crippen molar-refractivity contribution >= 4 is 11.3 Å². The summed E-state index contributed by atoms with van der Waals surface area (Å²) in [6, 6.07) is 14.3. The highest BCUT2D eigenvalue weighted by molar-refractivity contribution is 7.11. The summed E-state index contributed by atoms with van der Waals surface area (Å²) < 4.78 is 0. The zero-order chi connectivity index (χ0) is 13.9. The molecule has 1 saturated carbocycles. The van der Waals surface area contributed by atoms with Gasteiger partial charge in [0.05, 0.1) is 0 Å². The fraction of sp³-hybridized carbons (Fsp3) is 0.444. The highest BCUT2D eigenvalue weighted by Crippen LogP contribution is 2.37. The third kappa shape index (κ3) is 3.13. The van der Waals surface area contributed by atoms with Crippen LogP contribution in [-0.2, 0) is 13.0 Å². The molecule has 1 aromatic carbocycles. The van der Waals surface area contributed by atoms with Gasteiger partial charge in [0.25, 0.3) is 0 Å². The minimum atomic E-state index is 0.702. The molecule has 2 heteroatoms. The van der Waals surface area contributed by atoms with Crippen LogP contribution in [-0.4, -0.2) is 6.04 Å². The van der Waals surface area contributed by atoms with E-state index in [-0.39, 0.29) is 0 Å². The Kier molecular flexibility index (Phi) is 4.23. The van der Waals surface area contributed by atoms with Gasteiger partial charge in [-0.15, -0.1) is 11.3 Å². The molecule has 20 heavy (non-hydrogen) atoms. The van der Waals surface area contributed by atoms with E-state index in [2.05, 4.69) is 55.6 Å². The molecule has 0 amide bonds. The third-order valence-corrected chi connectivity index (χ3v) is 5.55. The van der Waals surface area contributed by atoms with Crippen LogP contribution < -0.4 is 5.32 Å². The summed E-state index contributed by atoms with van der Waals surface area (Å²) in [4.78, 5) is 2.97. The first-order valence-electron chi connectivity index (χ1n) is 7.62. The van der Waals surface area contributed by atoms with Crippen LogP contribution in [0.3, 0.4) is 0 Å². The second kappa shape index (κ2) is 6.11. The Morgan fingerprint density at radius 2 is 1.75 bits per heavy atom. The number of aryl methyl sites for hydroxylation is 2. The van der Waals surface area contributed by atoms with Crippen LogP contribution in [0.2, 0.25) is 0 Å². The molecule has 0 unspecified atom stereocenters. The molecule has 0 bridgehead atoms. The quantitative estimate of drug-likeness (QED) is 0.843. The molecule has 0 radical (unpaired) electrons. The van der Waals surface area contributed by atoms with Crippen LogP contribution in [0.5, 0.6) is 0 Å². The van der Waals surface area contributed by atoms with Crippen molar-refractivity contribution in [2.24, 2.45) is 0 Å². The molecule has 1 aliphatic rings. The van der Waals surface area contributed by atoms with Gasteiger partial charge in [-0.2, -0.15) is 0 Å². The topological polar surface area (TPSA) is 12.0 Å². The van der Waals surface area contributed by atoms with Crippen molar-refractivity contribution in [1.29, 1.82) is 0 Å². The van der Waals surface area contributed by atoms with E-state index in [4.69, 9.17) is 0 Å². The summed E-state index contributed by atoms with van der Waals surface area (Å²) in [5.41, 5.74) is 2.87. The lowest BCUT2D eigenvalue weighted by molar-refractivity contribution is 0.290. The van der Waals surface area contributed by atoms with Gasteiger partial charge in [-0.3, -0.25) is 0 Å². The van der Waals surface area contributed by atoms with Crippen molar-refractivity contribution in [3.05, 3.63) is 57.3 Å². The van der Waals surface area contributed by atoms with E-state index in [0.29, 0.717) is 6.04 Å². The maximum absolute atomic E-state index is 3.69. The highest BCUT2D eigenvalue weighted by Gasteiger charge is 2.29. The Labute approximate surface area is 126 Å². The predicted octanol–water partition coefficient (Wildman–Crippen LogP) is 4.65. The molecule has 1 aromatic heterocycles. The summed E-state index contributed by atoms with van der Waals surface area (Å²) in [7, 11) is 0. The van der Waals surface area contributed by atoms with E-state index in [1.54, 1.807) is 0 Å². The molecule has 0 spiro atoms. The first-order chi connectivity index (χ1) is 9.74. The maximum atomic E-state index is 3.69. The monoisotopic (exact) mass is 285 g/mol. The minimum absolute atomic E-state index is 0.702. The number of nitrogens with one attached hydrogen (secondary N) is 1. The van der Waals surface area contributed by atoms with E-state index >= 15 is 0 Å². The Morgan fingerprint density at radius 3 is 2.40 bits per heavy atom.